The van der Waals surface area contributed by atoms with Gasteiger partial charge in [-0.25, -0.2) is 13.1 Å². The first-order valence-corrected chi connectivity index (χ1v) is 15.2. The number of ether oxygens (including phenoxy) is 1. The zero-order valence-corrected chi connectivity index (χ0v) is 23.6. The Morgan fingerprint density at radius 2 is 1.82 bits per heavy atom. The maximum Gasteiger partial charge on any atom is 0.251 e. The first kappa shape index (κ1) is 28.8. The van der Waals surface area contributed by atoms with E-state index < -0.39 is 16.1 Å². The van der Waals surface area contributed by atoms with Crippen LogP contribution in [-0.4, -0.2) is 62.7 Å². The molecule has 0 radical (unpaired) electrons. The number of rotatable bonds is 11. The van der Waals surface area contributed by atoms with Crippen LogP contribution in [0.4, 0.5) is 0 Å². The Bertz CT molecular complexity index is 1330. The molecule has 0 spiro atoms. The van der Waals surface area contributed by atoms with Crippen molar-refractivity contribution in [3.63, 3.8) is 0 Å². The smallest absolute Gasteiger partial charge is 0.251 e. The first-order chi connectivity index (χ1) is 18.2. The van der Waals surface area contributed by atoms with Gasteiger partial charge in [-0.15, -0.1) is 11.3 Å². The largest absolute Gasteiger partial charge is 0.490 e. The quantitative estimate of drug-likeness (QED) is 0.306. The highest BCUT2D eigenvalue weighted by atomic mass is 35.5. The topological polar surface area (TPSA) is 108 Å². The lowest BCUT2D eigenvalue weighted by molar-refractivity contribution is 0.0630. The second-order valence-electron chi connectivity index (χ2n) is 8.97. The summed E-state index contributed by atoms with van der Waals surface area (Å²) in [6.07, 6.45) is 0.723. The van der Waals surface area contributed by atoms with Crippen LogP contribution in [-0.2, 0) is 16.6 Å². The van der Waals surface area contributed by atoms with Gasteiger partial charge < -0.3 is 20.1 Å². The molecule has 0 unspecified atom stereocenters. The van der Waals surface area contributed by atoms with Crippen LogP contribution in [0.3, 0.4) is 0 Å². The molecule has 1 fully saturated rings. The van der Waals surface area contributed by atoms with Gasteiger partial charge in [0, 0.05) is 42.7 Å². The van der Waals surface area contributed by atoms with Gasteiger partial charge in [0.15, 0.2) is 0 Å². The van der Waals surface area contributed by atoms with E-state index >= 15 is 0 Å². The fourth-order valence-electron chi connectivity index (χ4n) is 4.05. The summed E-state index contributed by atoms with van der Waals surface area (Å²) in [7, 11) is -3.78. The third-order valence-electron chi connectivity index (χ3n) is 6.07. The Balaban J connectivity index is 1.18. The molecule has 1 atom stereocenters. The van der Waals surface area contributed by atoms with Crippen molar-refractivity contribution in [1.82, 2.24) is 14.9 Å². The van der Waals surface area contributed by atoms with Crippen LogP contribution in [0.1, 0.15) is 28.1 Å². The van der Waals surface area contributed by atoms with Crippen molar-refractivity contribution in [1.29, 1.82) is 0 Å². The molecule has 2 aromatic carbocycles. The number of sulfonamides is 1. The van der Waals surface area contributed by atoms with Gasteiger partial charge >= 0.3 is 0 Å². The molecule has 1 aliphatic rings. The highest BCUT2D eigenvalue weighted by Crippen LogP contribution is 2.28. The number of nitrogens with one attached hydrogen (secondary N) is 2. The summed E-state index contributed by atoms with van der Waals surface area (Å²) in [6.45, 7) is 1.92. The molecular weight excluding hydrogens is 569 g/mol. The van der Waals surface area contributed by atoms with E-state index in [1.54, 1.807) is 48.5 Å². The second kappa shape index (κ2) is 13.3. The van der Waals surface area contributed by atoms with Crippen molar-refractivity contribution in [2.45, 2.75) is 35.8 Å². The second-order valence-corrected chi connectivity index (χ2v) is 12.9. The van der Waals surface area contributed by atoms with E-state index in [1.165, 1.54) is 6.07 Å². The van der Waals surface area contributed by atoms with Crippen molar-refractivity contribution in [2.24, 2.45) is 0 Å². The number of piperidine rings is 1. The average molecular weight is 599 g/mol. The minimum atomic E-state index is -3.78. The molecule has 3 aromatic rings. The number of amides is 1. The maximum absolute atomic E-state index is 12.7. The number of aliphatic hydroxyl groups is 1. The molecule has 0 saturated carbocycles. The summed E-state index contributed by atoms with van der Waals surface area (Å²) in [5, 5.41) is 14.2. The molecule has 1 aliphatic heterocycles. The number of benzene rings is 2. The zero-order valence-electron chi connectivity index (χ0n) is 20.5. The van der Waals surface area contributed by atoms with Gasteiger partial charge in [-0.3, -0.25) is 4.79 Å². The molecule has 3 N–H and O–H groups in total. The zero-order chi connectivity index (χ0) is 27.1. The molecule has 1 amide bonds. The standard InChI is InChI=1S/C26H29Cl2N3O5S2/c27-23-8-6-21(14-24(23)28)36-20-10-12-31(13-11-20)17-19(32)15-30-38(34,35)25-9-7-22(37-25)16-29-26(33)18-4-2-1-3-5-18/h1-9,14,19-20,30,32H,10-13,15-17H2,(H,29,33)/t19-/m1/s1. The molecule has 0 bridgehead atoms. The molecule has 1 aromatic heterocycles. The number of hydrogen-bond acceptors (Lipinski definition) is 7. The van der Waals surface area contributed by atoms with Crippen LogP contribution in [0.2, 0.25) is 10.0 Å². The summed E-state index contributed by atoms with van der Waals surface area (Å²) in [6, 6.07) is 17.2. The number of halogens is 2. The van der Waals surface area contributed by atoms with Gasteiger partial charge in [0.25, 0.3) is 5.91 Å². The number of likely N-dealkylation sites (tertiary alicyclic amines) is 1. The lowest BCUT2D eigenvalue weighted by Gasteiger charge is -2.33. The summed E-state index contributed by atoms with van der Waals surface area (Å²) >= 11 is 13.1. The molecular formula is C26H29Cl2N3O5S2. The third kappa shape index (κ3) is 8.16. The van der Waals surface area contributed by atoms with Crippen LogP contribution in [0, 0.1) is 0 Å². The normalized spacial score (nSPS) is 15.8. The fraction of sp³-hybridized carbons (Fsp3) is 0.346. The fourth-order valence-corrected chi connectivity index (χ4v) is 6.75. The van der Waals surface area contributed by atoms with Crippen LogP contribution in [0.5, 0.6) is 5.75 Å². The minimum absolute atomic E-state index is 0.0321. The highest BCUT2D eigenvalue weighted by molar-refractivity contribution is 7.91. The first-order valence-electron chi connectivity index (χ1n) is 12.1. The highest BCUT2D eigenvalue weighted by Gasteiger charge is 2.24. The number of thiophene rings is 1. The Morgan fingerprint density at radius 3 is 2.53 bits per heavy atom. The number of carbonyl (C=O) groups is 1. The summed E-state index contributed by atoms with van der Waals surface area (Å²) < 4.78 is 34.1. The Hall–Kier alpha value is -2.18. The van der Waals surface area contributed by atoms with Crippen molar-refractivity contribution < 1.29 is 23.1 Å². The molecule has 1 saturated heterocycles. The number of β-amino-alcohol motifs (C(OH)–C–C–N with tert-alkyl or cyclic N) is 1. The third-order valence-corrected chi connectivity index (χ3v) is 9.81. The Morgan fingerprint density at radius 1 is 1.08 bits per heavy atom. The van der Waals surface area contributed by atoms with Gasteiger partial charge in [0.2, 0.25) is 10.0 Å². The van der Waals surface area contributed by atoms with Gasteiger partial charge in [0.05, 0.1) is 22.7 Å². The summed E-state index contributed by atoms with van der Waals surface area (Å²) in [5.74, 6) is 0.442. The maximum atomic E-state index is 12.7. The molecule has 204 valence electrons. The van der Waals surface area contributed by atoms with Gasteiger partial charge in [-0.05, 0) is 49.2 Å². The lowest BCUT2D eigenvalue weighted by Crippen LogP contribution is -2.44. The molecule has 38 heavy (non-hydrogen) atoms. The Labute approximate surface area is 236 Å². The summed E-state index contributed by atoms with van der Waals surface area (Å²) in [4.78, 5) is 15.0. The average Bonchev–Trinajstić information content (AvgIpc) is 3.40. The van der Waals surface area contributed by atoms with Crippen LogP contribution in [0.15, 0.2) is 64.9 Å². The minimum Gasteiger partial charge on any atom is -0.490 e. The van der Waals surface area contributed by atoms with E-state index in [0.29, 0.717) is 32.8 Å². The van der Waals surface area contributed by atoms with Gasteiger partial charge in [-0.1, -0.05) is 41.4 Å². The van der Waals surface area contributed by atoms with E-state index in [9.17, 15) is 18.3 Å². The van der Waals surface area contributed by atoms with Crippen LogP contribution in [0.25, 0.3) is 0 Å². The molecule has 8 nitrogen and oxygen atoms in total. The summed E-state index contributed by atoms with van der Waals surface area (Å²) in [5.41, 5.74) is 0.538. The van der Waals surface area contributed by atoms with E-state index in [0.717, 1.165) is 37.3 Å². The van der Waals surface area contributed by atoms with Crippen molar-refractivity contribution in [3.05, 3.63) is 81.1 Å². The molecule has 12 heteroatoms. The predicted octanol–water partition coefficient (Wildman–Crippen LogP) is 4.17. The van der Waals surface area contributed by atoms with Crippen LogP contribution < -0.4 is 14.8 Å². The predicted molar refractivity (Wildman–Crippen MR) is 150 cm³/mol. The van der Waals surface area contributed by atoms with Gasteiger partial charge in [-0.2, -0.15) is 0 Å². The number of nitrogens with zero attached hydrogens (tertiary/aromatic N) is 1. The molecule has 4 rings (SSSR count). The number of aliphatic hydroxyl groups excluding tert-OH is 1. The lowest BCUT2D eigenvalue weighted by atomic mass is 10.1. The van der Waals surface area contributed by atoms with E-state index in [-0.39, 0.29) is 29.3 Å². The van der Waals surface area contributed by atoms with Gasteiger partial charge in [0.1, 0.15) is 16.1 Å². The molecule has 2 heterocycles. The SMILES string of the molecule is O=C(NCc1ccc(S(=O)(=O)NC[C@@H](O)CN2CCC(Oc3ccc(Cl)c(Cl)c3)CC2)s1)c1ccccc1. The van der Waals surface area contributed by atoms with E-state index in [2.05, 4.69) is 14.9 Å². The van der Waals surface area contributed by atoms with E-state index in [1.807, 2.05) is 6.07 Å². The van der Waals surface area contributed by atoms with E-state index in [4.69, 9.17) is 27.9 Å². The Kier molecular flexibility index (Phi) is 10.1. The molecule has 0 aliphatic carbocycles. The van der Waals surface area contributed by atoms with Crippen LogP contribution >= 0.6 is 34.5 Å². The van der Waals surface area contributed by atoms with Crippen molar-refractivity contribution in [3.8, 4) is 5.75 Å². The monoisotopic (exact) mass is 597 g/mol. The number of hydrogen-bond donors (Lipinski definition) is 3. The van der Waals surface area contributed by atoms with Crippen molar-refractivity contribution >= 4 is 50.5 Å². The van der Waals surface area contributed by atoms with Crippen molar-refractivity contribution in [2.75, 3.05) is 26.2 Å². The number of carbonyl (C=O) groups excluding carboxylic acids is 1.